The summed E-state index contributed by atoms with van der Waals surface area (Å²) in [7, 11) is 0. The van der Waals surface area contributed by atoms with Gasteiger partial charge in [0.1, 0.15) is 5.66 Å². The van der Waals surface area contributed by atoms with Crippen molar-refractivity contribution in [2.75, 3.05) is 5.32 Å². The molecule has 2 heteroatoms. The second kappa shape index (κ2) is 3.90. The summed E-state index contributed by atoms with van der Waals surface area (Å²) in [5.41, 5.74) is 9.73. The van der Waals surface area contributed by atoms with Crippen LogP contribution in [0.4, 0.5) is 5.69 Å². The lowest BCUT2D eigenvalue weighted by atomic mass is 10.0. The van der Waals surface area contributed by atoms with Crippen LogP contribution in [0.1, 0.15) is 17.5 Å². The zero-order valence-corrected chi connectivity index (χ0v) is 9.69. The van der Waals surface area contributed by atoms with E-state index in [4.69, 9.17) is 5.73 Å². The Morgan fingerprint density at radius 3 is 2.47 bits per heavy atom. The summed E-state index contributed by atoms with van der Waals surface area (Å²) in [6, 6.07) is 18.6. The zero-order valence-electron chi connectivity index (χ0n) is 9.69. The van der Waals surface area contributed by atoms with Crippen LogP contribution in [-0.2, 0) is 12.1 Å². The molecule has 0 saturated heterocycles. The number of hydrogen-bond acceptors (Lipinski definition) is 2. The molecule has 2 nitrogen and oxygen atoms in total. The number of aryl methyl sites for hydroxylation is 1. The summed E-state index contributed by atoms with van der Waals surface area (Å²) in [6.45, 7) is 0. The van der Waals surface area contributed by atoms with Gasteiger partial charge in [0.05, 0.1) is 0 Å². The van der Waals surface area contributed by atoms with Gasteiger partial charge >= 0.3 is 0 Å². The lowest BCUT2D eigenvalue weighted by molar-refractivity contribution is 0.509. The third-order valence-electron chi connectivity index (χ3n) is 3.43. The van der Waals surface area contributed by atoms with Gasteiger partial charge in [-0.1, -0.05) is 42.5 Å². The van der Waals surface area contributed by atoms with Crippen LogP contribution in [0.25, 0.3) is 0 Å². The topological polar surface area (TPSA) is 38.0 Å². The molecule has 3 N–H and O–H groups in total. The first kappa shape index (κ1) is 10.4. The average molecular weight is 224 g/mol. The summed E-state index contributed by atoms with van der Waals surface area (Å²) in [4.78, 5) is 0. The van der Waals surface area contributed by atoms with Crippen molar-refractivity contribution in [3.63, 3.8) is 0 Å². The van der Waals surface area contributed by atoms with Gasteiger partial charge in [0.25, 0.3) is 0 Å². The van der Waals surface area contributed by atoms with E-state index in [1.165, 1.54) is 11.1 Å². The molecule has 3 rings (SSSR count). The lowest BCUT2D eigenvalue weighted by Crippen LogP contribution is -2.42. The molecule has 0 amide bonds. The second-order valence-corrected chi connectivity index (χ2v) is 4.62. The van der Waals surface area contributed by atoms with E-state index in [9.17, 15) is 0 Å². The minimum atomic E-state index is -0.419. The normalized spacial score (nSPS) is 22.2. The summed E-state index contributed by atoms with van der Waals surface area (Å²) >= 11 is 0. The van der Waals surface area contributed by atoms with Crippen molar-refractivity contribution >= 4 is 5.69 Å². The highest BCUT2D eigenvalue weighted by Gasteiger charge is 2.34. The van der Waals surface area contributed by atoms with Crippen LogP contribution in [0.5, 0.6) is 0 Å². The fourth-order valence-corrected chi connectivity index (χ4v) is 2.55. The minimum absolute atomic E-state index is 0.419. The Balaban J connectivity index is 1.94. The van der Waals surface area contributed by atoms with Crippen LogP contribution >= 0.6 is 0 Å². The molecule has 0 aliphatic heterocycles. The standard InChI is InChI=1S/C15H16N2/c16-15(17-13-7-2-1-3-8-13)11-10-12-6-4-5-9-14(12)15/h1-9,17H,10-11,16H2. The molecule has 2 aromatic carbocycles. The number of anilines is 1. The van der Waals surface area contributed by atoms with Crippen LogP contribution < -0.4 is 11.1 Å². The molecule has 0 aromatic heterocycles. The first-order valence-corrected chi connectivity index (χ1v) is 5.98. The van der Waals surface area contributed by atoms with Gasteiger partial charge in [-0.15, -0.1) is 0 Å². The number of rotatable bonds is 2. The Morgan fingerprint density at radius 2 is 1.65 bits per heavy atom. The van der Waals surface area contributed by atoms with Crippen LogP contribution in [0.2, 0.25) is 0 Å². The van der Waals surface area contributed by atoms with Crippen molar-refractivity contribution in [2.45, 2.75) is 18.5 Å². The van der Waals surface area contributed by atoms with Crippen molar-refractivity contribution in [1.29, 1.82) is 0 Å². The molecule has 0 saturated carbocycles. The molecule has 1 aliphatic carbocycles. The molecule has 0 spiro atoms. The highest BCUT2D eigenvalue weighted by molar-refractivity contribution is 5.50. The highest BCUT2D eigenvalue weighted by atomic mass is 15.1. The van der Waals surface area contributed by atoms with Crippen molar-refractivity contribution in [3.8, 4) is 0 Å². The third-order valence-corrected chi connectivity index (χ3v) is 3.43. The highest BCUT2D eigenvalue weighted by Crippen LogP contribution is 2.35. The maximum absolute atomic E-state index is 6.49. The van der Waals surface area contributed by atoms with E-state index >= 15 is 0 Å². The fraction of sp³-hybridized carbons (Fsp3) is 0.200. The predicted octanol–water partition coefficient (Wildman–Crippen LogP) is 2.86. The maximum atomic E-state index is 6.49. The predicted molar refractivity (Wildman–Crippen MR) is 70.7 cm³/mol. The van der Waals surface area contributed by atoms with E-state index in [-0.39, 0.29) is 0 Å². The number of benzene rings is 2. The quantitative estimate of drug-likeness (QED) is 0.770. The van der Waals surface area contributed by atoms with E-state index in [0.29, 0.717) is 0 Å². The van der Waals surface area contributed by atoms with Gasteiger partial charge in [-0.3, -0.25) is 0 Å². The van der Waals surface area contributed by atoms with E-state index in [1.54, 1.807) is 0 Å². The Labute approximate surface area is 101 Å². The monoisotopic (exact) mass is 224 g/mol. The molecular weight excluding hydrogens is 208 g/mol. The molecule has 17 heavy (non-hydrogen) atoms. The molecule has 0 heterocycles. The van der Waals surface area contributed by atoms with Crippen molar-refractivity contribution in [2.24, 2.45) is 5.73 Å². The number of nitrogens with two attached hydrogens (primary N) is 1. The van der Waals surface area contributed by atoms with Crippen molar-refractivity contribution in [1.82, 2.24) is 0 Å². The largest absolute Gasteiger partial charge is 0.364 e. The zero-order chi connectivity index (χ0) is 11.7. The molecular formula is C15H16N2. The Morgan fingerprint density at radius 1 is 0.941 bits per heavy atom. The van der Waals surface area contributed by atoms with Gasteiger partial charge < -0.3 is 11.1 Å². The number of para-hydroxylation sites is 1. The van der Waals surface area contributed by atoms with Gasteiger partial charge in [0.2, 0.25) is 0 Å². The van der Waals surface area contributed by atoms with Crippen LogP contribution in [-0.4, -0.2) is 0 Å². The molecule has 1 atom stereocenters. The SMILES string of the molecule is NC1(Nc2ccccc2)CCc2ccccc21. The lowest BCUT2D eigenvalue weighted by Gasteiger charge is -2.28. The molecule has 0 radical (unpaired) electrons. The van der Waals surface area contributed by atoms with Crippen LogP contribution in [0.15, 0.2) is 54.6 Å². The summed E-state index contributed by atoms with van der Waals surface area (Å²) in [6.07, 6.45) is 1.99. The number of hydrogen-bond donors (Lipinski definition) is 2. The minimum Gasteiger partial charge on any atom is -0.364 e. The van der Waals surface area contributed by atoms with Gasteiger partial charge in [-0.2, -0.15) is 0 Å². The van der Waals surface area contributed by atoms with Crippen LogP contribution in [0, 0.1) is 0 Å². The fourth-order valence-electron chi connectivity index (χ4n) is 2.55. The molecule has 0 bridgehead atoms. The van der Waals surface area contributed by atoms with E-state index in [0.717, 1.165) is 18.5 Å². The number of fused-ring (bicyclic) bond motifs is 1. The third kappa shape index (κ3) is 1.81. The van der Waals surface area contributed by atoms with Gasteiger partial charge in [-0.05, 0) is 36.1 Å². The van der Waals surface area contributed by atoms with Crippen molar-refractivity contribution in [3.05, 3.63) is 65.7 Å². The first-order valence-electron chi connectivity index (χ1n) is 5.98. The maximum Gasteiger partial charge on any atom is 0.113 e. The van der Waals surface area contributed by atoms with Gasteiger partial charge in [0.15, 0.2) is 0 Å². The summed E-state index contributed by atoms with van der Waals surface area (Å²) < 4.78 is 0. The van der Waals surface area contributed by atoms with E-state index < -0.39 is 5.66 Å². The second-order valence-electron chi connectivity index (χ2n) is 4.62. The van der Waals surface area contributed by atoms with E-state index in [1.807, 2.05) is 18.2 Å². The smallest absolute Gasteiger partial charge is 0.113 e. The molecule has 2 aromatic rings. The summed E-state index contributed by atoms with van der Waals surface area (Å²) in [5, 5.41) is 3.45. The van der Waals surface area contributed by atoms with Gasteiger partial charge in [-0.25, -0.2) is 0 Å². The molecule has 1 aliphatic rings. The van der Waals surface area contributed by atoms with Gasteiger partial charge in [0, 0.05) is 5.69 Å². The van der Waals surface area contributed by atoms with Crippen LogP contribution in [0.3, 0.4) is 0 Å². The molecule has 1 unspecified atom stereocenters. The molecule has 0 fully saturated rings. The Kier molecular flexibility index (Phi) is 2.37. The van der Waals surface area contributed by atoms with Crippen molar-refractivity contribution < 1.29 is 0 Å². The molecule has 86 valence electrons. The van der Waals surface area contributed by atoms with E-state index in [2.05, 4.69) is 41.7 Å². The number of nitrogens with one attached hydrogen (secondary N) is 1. The Bertz CT molecular complexity index is 521. The summed E-state index contributed by atoms with van der Waals surface area (Å²) in [5.74, 6) is 0. The average Bonchev–Trinajstić information content (AvgIpc) is 2.69. The Hall–Kier alpha value is -1.80. The first-order chi connectivity index (χ1) is 8.28.